The molecule has 9 aromatic carbocycles. The van der Waals surface area contributed by atoms with Crippen LogP contribution in [0.2, 0.25) is 0 Å². The first-order chi connectivity index (χ1) is 30.3. The number of aromatic nitrogens is 1. The van der Waals surface area contributed by atoms with Crippen LogP contribution in [0.1, 0.15) is 49.9 Å². The van der Waals surface area contributed by atoms with Gasteiger partial charge in [-0.05, 0) is 110 Å². The van der Waals surface area contributed by atoms with Gasteiger partial charge in [-0.1, -0.05) is 179 Å². The predicted octanol–water partition coefficient (Wildman–Crippen LogP) is 16.2. The standard InChI is InChI=1S/C60H46N2/c1-59(2)49-21-11-8-19-46(49)57-51(59)23-14-26-55(57)62(56-27-15-24-52-58(56)47-20-9-12-22-50(47)60(52,3)4)44-35-30-41(31-36-44)42-32-37-54-48(38-42)45-18-10-13-25-53(45)61(54)43-33-28-40(29-34-43)39-16-6-5-7-17-39/h5-38H,1-4H3. The molecule has 1 aromatic heterocycles. The maximum absolute atomic E-state index is 2.54. The highest BCUT2D eigenvalue weighted by Gasteiger charge is 2.40. The number of rotatable bonds is 6. The average molecular weight is 795 g/mol. The Hall–Kier alpha value is -7.42. The molecule has 296 valence electrons. The quantitative estimate of drug-likeness (QED) is 0.163. The van der Waals surface area contributed by atoms with Crippen molar-refractivity contribution in [3.05, 3.63) is 229 Å². The van der Waals surface area contributed by atoms with E-state index in [1.165, 1.54) is 99.9 Å². The van der Waals surface area contributed by atoms with Crippen LogP contribution in [0.4, 0.5) is 17.1 Å². The number of para-hydroxylation sites is 1. The lowest BCUT2D eigenvalue weighted by atomic mass is 9.82. The lowest BCUT2D eigenvalue weighted by Gasteiger charge is -2.31. The molecule has 0 aliphatic heterocycles. The van der Waals surface area contributed by atoms with Crippen LogP contribution < -0.4 is 4.90 Å². The fourth-order valence-corrected chi connectivity index (χ4v) is 10.9. The SMILES string of the molecule is CC1(C)c2ccccc2-c2c(N(c3ccc(-c4ccc5c(c4)c4ccccc4n5-c4ccc(-c5ccccc5)cc4)cc3)c3cccc4c3-c3ccccc3C4(C)C)cccc21. The van der Waals surface area contributed by atoms with Gasteiger partial charge in [0.2, 0.25) is 0 Å². The Morgan fingerprint density at radius 3 is 1.45 bits per heavy atom. The Morgan fingerprint density at radius 1 is 0.355 bits per heavy atom. The highest BCUT2D eigenvalue weighted by atomic mass is 15.1. The molecular weight excluding hydrogens is 749 g/mol. The largest absolute Gasteiger partial charge is 0.309 e. The van der Waals surface area contributed by atoms with Crippen molar-refractivity contribution in [3.8, 4) is 50.2 Å². The normalized spacial score (nSPS) is 14.1. The van der Waals surface area contributed by atoms with E-state index in [1.807, 2.05) is 0 Å². The van der Waals surface area contributed by atoms with Crippen molar-refractivity contribution >= 4 is 38.9 Å². The van der Waals surface area contributed by atoms with E-state index >= 15 is 0 Å². The van der Waals surface area contributed by atoms with Crippen molar-refractivity contribution in [3.63, 3.8) is 0 Å². The summed E-state index contributed by atoms with van der Waals surface area (Å²) < 4.78 is 2.40. The monoisotopic (exact) mass is 794 g/mol. The van der Waals surface area contributed by atoms with E-state index < -0.39 is 0 Å². The lowest BCUT2D eigenvalue weighted by Crippen LogP contribution is -2.17. The Morgan fingerprint density at radius 2 is 0.823 bits per heavy atom. The summed E-state index contributed by atoms with van der Waals surface area (Å²) in [5, 5.41) is 2.50. The molecule has 0 saturated carbocycles. The summed E-state index contributed by atoms with van der Waals surface area (Å²) in [6, 6.07) is 76.4. The van der Waals surface area contributed by atoms with Crippen LogP contribution in [0.25, 0.3) is 72.0 Å². The smallest absolute Gasteiger partial charge is 0.0543 e. The second-order valence-electron chi connectivity index (χ2n) is 18.1. The predicted molar refractivity (Wildman–Crippen MR) is 261 cm³/mol. The summed E-state index contributed by atoms with van der Waals surface area (Å²) in [5.41, 5.74) is 22.5. The van der Waals surface area contributed by atoms with Crippen molar-refractivity contribution in [2.75, 3.05) is 4.90 Å². The molecule has 2 aliphatic rings. The fourth-order valence-electron chi connectivity index (χ4n) is 10.9. The number of hydrogen-bond donors (Lipinski definition) is 0. The van der Waals surface area contributed by atoms with Crippen molar-refractivity contribution in [1.29, 1.82) is 0 Å². The molecule has 0 saturated heterocycles. The van der Waals surface area contributed by atoms with Gasteiger partial charge in [0, 0.05) is 44.1 Å². The molecule has 0 N–H and O–H groups in total. The summed E-state index contributed by atoms with van der Waals surface area (Å²) in [7, 11) is 0. The van der Waals surface area contributed by atoms with Gasteiger partial charge in [-0.3, -0.25) is 0 Å². The van der Waals surface area contributed by atoms with E-state index in [-0.39, 0.29) is 10.8 Å². The zero-order valence-electron chi connectivity index (χ0n) is 35.5. The minimum absolute atomic E-state index is 0.113. The second-order valence-corrected chi connectivity index (χ2v) is 18.1. The molecular formula is C60H46N2. The third-order valence-electron chi connectivity index (χ3n) is 14.0. The topological polar surface area (TPSA) is 8.17 Å². The molecule has 2 nitrogen and oxygen atoms in total. The van der Waals surface area contributed by atoms with Gasteiger partial charge in [-0.15, -0.1) is 0 Å². The van der Waals surface area contributed by atoms with Crippen molar-refractivity contribution in [2.45, 2.75) is 38.5 Å². The Bertz CT molecular complexity index is 3280. The zero-order valence-corrected chi connectivity index (χ0v) is 35.5. The van der Waals surface area contributed by atoms with Gasteiger partial charge in [0.15, 0.2) is 0 Å². The van der Waals surface area contributed by atoms with E-state index in [0.717, 1.165) is 11.4 Å². The van der Waals surface area contributed by atoms with E-state index in [2.05, 4.69) is 243 Å². The Balaban J connectivity index is 1.00. The van der Waals surface area contributed by atoms with E-state index in [0.29, 0.717) is 0 Å². The van der Waals surface area contributed by atoms with E-state index in [9.17, 15) is 0 Å². The summed E-state index contributed by atoms with van der Waals surface area (Å²) in [5.74, 6) is 0. The van der Waals surface area contributed by atoms with Crippen LogP contribution in [0.5, 0.6) is 0 Å². The molecule has 10 aromatic rings. The maximum Gasteiger partial charge on any atom is 0.0543 e. The second kappa shape index (κ2) is 13.5. The van der Waals surface area contributed by atoms with Gasteiger partial charge < -0.3 is 9.47 Å². The summed E-state index contributed by atoms with van der Waals surface area (Å²) in [6.45, 7) is 9.48. The minimum Gasteiger partial charge on any atom is -0.309 e. The molecule has 12 rings (SSSR count). The van der Waals surface area contributed by atoms with Gasteiger partial charge >= 0.3 is 0 Å². The highest BCUT2D eigenvalue weighted by Crippen LogP contribution is 2.58. The third-order valence-corrected chi connectivity index (χ3v) is 14.0. The number of fused-ring (bicyclic) bond motifs is 9. The fraction of sp³-hybridized carbons (Fsp3) is 0.100. The Labute approximate surface area is 364 Å². The number of nitrogens with zero attached hydrogens (tertiary/aromatic N) is 2. The molecule has 0 unspecified atom stereocenters. The molecule has 2 heteroatoms. The van der Waals surface area contributed by atoms with Crippen LogP contribution in [-0.4, -0.2) is 4.57 Å². The molecule has 1 heterocycles. The maximum atomic E-state index is 2.54. The molecule has 0 fully saturated rings. The van der Waals surface area contributed by atoms with Crippen LogP contribution in [0.15, 0.2) is 206 Å². The van der Waals surface area contributed by atoms with Crippen molar-refractivity contribution < 1.29 is 0 Å². The number of anilines is 3. The lowest BCUT2D eigenvalue weighted by molar-refractivity contribution is 0.660. The van der Waals surface area contributed by atoms with Crippen molar-refractivity contribution in [1.82, 2.24) is 4.57 Å². The molecule has 0 atom stereocenters. The minimum atomic E-state index is -0.113. The van der Waals surface area contributed by atoms with Crippen molar-refractivity contribution in [2.24, 2.45) is 0 Å². The first-order valence-electron chi connectivity index (χ1n) is 21.9. The summed E-state index contributed by atoms with van der Waals surface area (Å²) in [6.07, 6.45) is 0. The molecule has 0 spiro atoms. The van der Waals surface area contributed by atoms with Crippen LogP contribution in [0, 0.1) is 0 Å². The summed E-state index contributed by atoms with van der Waals surface area (Å²) >= 11 is 0. The van der Waals surface area contributed by atoms with E-state index in [4.69, 9.17) is 0 Å². The van der Waals surface area contributed by atoms with Crippen LogP contribution >= 0.6 is 0 Å². The van der Waals surface area contributed by atoms with Gasteiger partial charge in [-0.25, -0.2) is 0 Å². The number of hydrogen-bond acceptors (Lipinski definition) is 1. The molecule has 2 aliphatic carbocycles. The van der Waals surface area contributed by atoms with Gasteiger partial charge in [0.05, 0.1) is 22.4 Å². The first-order valence-corrected chi connectivity index (χ1v) is 21.9. The van der Waals surface area contributed by atoms with E-state index in [1.54, 1.807) is 0 Å². The third kappa shape index (κ3) is 5.29. The molecule has 62 heavy (non-hydrogen) atoms. The highest BCUT2D eigenvalue weighted by molar-refractivity contribution is 6.10. The van der Waals surface area contributed by atoms with Gasteiger partial charge in [0.1, 0.15) is 0 Å². The molecule has 0 radical (unpaired) electrons. The summed E-state index contributed by atoms with van der Waals surface area (Å²) in [4.78, 5) is 2.54. The van der Waals surface area contributed by atoms with Gasteiger partial charge in [0.25, 0.3) is 0 Å². The zero-order chi connectivity index (χ0) is 41.7. The van der Waals surface area contributed by atoms with Gasteiger partial charge in [-0.2, -0.15) is 0 Å². The van der Waals surface area contributed by atoms with Crippen LogP contribution in [-0.2, 0) is 10.8 Å². The molecule has 0 amide bonds. The average Bonchev–Trinajstić information content (AvgIpc) is 3.87. The molecule has 0 bridgehead atoms. The first kappa shape index (κ1) is 36.4. The Kier molecular flexibility index (Phi) is 7.96. The van der Waals surface area contributed by atoms with Crippen LogP contribution in [0.3, 0.4) is 0 Å². The number of benzene rings is 9.